The molecule has 0 saturated carbocycles. The Hall–Kier alpha value is -0.240. The second kappa shape index (κ2) is 10.9. The molecule has 0 spiro atoms. The molecule has 2 atom stereocenters. The summed E-state index contributed by atoms with van der Waals surface area (Å²) in [6, 6.07) is 0. The summed E-state index contributed by atoms with van der Waals surface area (Å²) in [5, 5.41) is 26.6. The molecular weight excluding hydrogens is 228 g/mol. The molecule has 6 nitrogen and oxygen atoms in total. The molecule has 104 valence electrons. The second-order valence-corrected chi connectivity index (χ2v) is 3.97. The fourth-order valence-corrected chi connectivity index (χ4v) is 1.04. The molecule has 0 aliphatic heterocycles. The molecule has 0 aliphatic carbocycles. The molecular formula is C11H24O6. The molecule has 0 heterocycles. The standard InChI is InChI=1S/C11H24O6/c1-9(2)16-3-4-17-11(6-13)8-15-7-10(14)5-12/h9-14H,3-8H2,1-2H3. The topological polar surface area (TPSA) is 88.4 Å². The van der Waals surface area contributed by atoms with Gasteiger partial charge < -0.3 is 29.5 Å². The maximum absolute atomic E-state index is 9.02. The van der Waals surface area contributed by atoms with Gasteiger partial charge >= 0.3 is 0 Å². The van der Waals surface area contributed by atoms with Gasteiger partial charge in [-0.1, -0.05) is 0 Å². The molecule has 2 unspecified atom stereocenters. The lowest BCUT2D eigenvalue weighted by atomic mass is 10.4. The zero-order valence-electron chi connectivity index (χ0n) is 10.5. The van der Waals surface area contributed by atoms with Crippen molar-refractivity contribution >= 4 is 0 Å². The normalized spacial score (nSPS) is 15.2. The highest BCUT2D eigenvalue weighted by Crippen LogP contribution is 1.95. The highest BCUT2D eigenvalue weighted by atomic mass is 16.6. The Kier molecular flexibility index (Phi) is 10.7. The largest absolute Gasteiger partial charge is 0.394 e. The van der Waals surface area contributed by atoms with Crippen LogP contribution < -0.4 is 0 Å². The number of rotatable bonds is 11. The van der Waals surface area contributed by atoms with Crippen molar-refractivity contribution in [2.45, 2.75) is 32.2 Å². The molecule has 0 fully saturated rings. The van der Waals surface area contributed by atoms with Crippen LogP contribution in [0.5, 0.6) is 0 Å². The summed E-state index contributed by atoms with van der Waals surface area (Å²) in [7, 11) is 0. The molecule has 17 heavy (non-hydrogen) atoms. The van der Waals surface area contributed by atoms with Gasteiger partial charge in [-0.15, -0.1) is 0 Å². The Labute approximate surface area is 102 Å². The average Bonchev–Trinajstić information content (AvgIpc) is 2.31. The van der Waals surface area contributed by atoms with Gasteiger partial charge in [0.1, 0.15) is 12.2 Å². The zero-order valence-corrected chi connectivity index (χ0v) is 10.5. The summed E-state index contributed by atoms with van der Waals surface area (Å²) in [4.78, 5) is 0. The number of ether oxygens (including phenoxy) is 3. The number of hydrogen-bond donors (Lipinski definition) is 3. The van der Waals surface area contributed by atoms with Gasteiger partial charge in [-0.05, 0) is 13.8 Å². The van der Waals surface area contributed by atoms with Crippen molar-refractivity contribution in [1.29, 1.82) is 0 Å². The van der Waals surface area contributed by atoms with Crippen molar-refractivity contribution in [3.63, 3.8) is 0 Å². The van der Waals surface area contributed by atoms with Crippen LogP contribution in [0.3, 0.4) is 0 Å². The second-order valence-electron chi connectivity index (χ2n) is 3.97. The zero-order chi connectivity index (χ0) is 13.1. The molecule has 0 amide bonds. The van der Waals surface area contributed by atoms with Crippen LogP contribution in [0.15, 0.2) is 0 Å². The Morgan fingerprint density at radius 1 is 0.941 bits per heavy atom. The lowest BCUT2D eigenvalue weighted by Crippen LogP contribution is -2.29. The predicted octanol–water partition coefficient (Wildman–Crippen LogP) is -0.841. The van der Waals surface area contributed by atoms with Crippen LogP contribution in [0.4, 0.5) is 0 Å². The Balaban J connectivity index is 3.49. The van der Waals surface area contributed by atoms with Crippen molar-refractivity contribution in [1.82, 2.24) is 0 Å². The molecule has 0 bridgehead atoms. The van der Waals surface area contributed by atoms with Gasteiger partial charge in [0.05, 0.1) is 45.7 Å². The first-order chi connectivity index (χ1) is 8.10. The minimum atomic E-state index is -0.890. The van der Waals surface area contributed by atoms with Gasteiger partial charge in [-0.2, -0.15) is 0 Å². The van der Waals surface area contributed by atoms with Crippen LogP contribution >= 0.6 is 0 Å². The van der Waals surface area contributed by atoms with E-state index in [9.17, 15) is 0 Å². The lowest BCUT2D eigenvalue weighted by Gasteiger charge is -2.17. The third kappa shape index (κ3) is 10.6. The number of aliphatic hydroxyl groups excluding tert-OH is 3. The Bertz CT molecular complexity index is 164. The molecule has 6 heteroatoms. The van der Waals surface area contributed by atoms with E-state index in [2.05, 4.69) is 0 Å². The van der Waals surface area contributed by atoms with E-state index >= 15 is 0 Å². The maximum atomic E-state index is 9.02. The van der Waals surface area contributed by atoms with E-state index in [0.717, 1.165) is 0 Å². The van der Waals surface area contributed by atoms with Gasteiger partial charge in [-0.3, -0.25) is 0 Å². The van der Waals surface area contributed by atoms with Crippen LogP contribution in [0.25, 0.3) is 0 Å². The minimum Gasteiger partial charge on any atom is -0.394 e. The van der Waals surface area contributed by atoms with E-state index in [1.807, 2.05) is 13.8 Å². The Morgan fingerprint density at radius 3 is 2.12 bits per heavy atom. The molecule has 0 aromatic heterocycles. The first kappa shape index (κ1) is 16.8. The molecule has 0 saturated heterocycles. The van der Waals surface area contributed by atoms with Crippen LogP contribution in [-0.2, 0) is 14.2 Å². The van der Waals surface area contributed by atoms with E-state index in [0.29, 0.717) is 13.2 Å². The third-order valence-corrected chi connectivity index (χ3v) is 1.92. The fraction of sp³-hybridized carbons (Fsp3) is 1.00. The smallest absolute Gasteiger partial charge is 0.104 e. The lowest BCUT2D eigenvalue weighted by molar-refractivity contribution is -0.0786. The summed E-state index contributed by atoms with van der Waals surface area (Å²) < 4.78 is 15.7. The molecule has 0 aromatic rings. The first-order valence-corrected chi connectivity index (χ1v) is 5.80. The van der Waals surface area contributed by atoms with E-state index in [1.165, 1.54) is 0 Å². The molecule has 0 radical (unpaired) electrons. The summed E-state index contributed by atoms with van der Waals surface area (Å²) in [5.41, 5.74) is 0. The number of hydrogen-bond acceptors (Lipinski definition) is 6. The summed E-state index contributed by atoms with van der Waals surface area (Å²) in [6.07, 6.45) is -1.17. The third-order valence-electron chi connectivity index (χ3n) is 1.92. The van der Waals surface area contributed by atoms with Crippen LogP contribution in [-0.4, -0.2) is 73.3 Å². The van der Waals surface area contributed by atoms with Gasteiger partial charge in [-0.25, -0.2) is 0 Å². The monoisotopic (exact) mass is 252 g/mol. The Morgan fingerprint density at radius 2 is 1.59 bits per heavy atom. The molecule has 0 rings (SSSR count). The van der Waals surface area contributed by atoms with Crippen LogP contribution in [0, 0.1) is 0 Å². The van der Waals surface area contributed by atoms with Crippen molar-refractivity contribution in [2.75, 3.05) is 39.6 Å². The fourth-order valence-electron chi connectivity index (χ4n) is 1.04. The minimum absolute atomic E-state index is 0.0266. The highest BCUT2D eigenvalue weighted by molar-refractivity contribution is 4.56. The van der Waals surface area contributed by atoms with Gasteiger partial charge in [0, 0.05) is 0 Å². The summed E-state index contributed by atoms with van der Waals surface area (Å²) in [5.74, 6) is 0. The van der Waals surface area contributed by atoms with E-state index in [4.69, 9.17) is 29.5 Å². The first-order valence-electron chi connectivity index (χ1n) is 5.80. The van der Waals surface area contributed by atoms with Gasteiger partial charge in [0.15, 0.2) is 0 Å². The van der Waals surface area contributed by atoms with Crippen LogP contribution in [0.1, 0.15) is 13.8 Å². The average molecular weight is 252 g/mol. The highest BCUT2D eigenvalue weighted by Gasteiger charge is 2.09. The number of aliphatic hydroxyl groups is 3. The predicted molar refractivity (Wildman–Crippen MR) is 61.8 cm³/mol. The van der Waals surface area contributed by atoms with Crippen molar-refractivity contribution in [3.8, 4) is 0 Å². The van der Waals surface area contributed by atoms with Crippen molar-refractivity contribution in [3.05, 3.63) is 0 Å². The molecule has 0 aromatic carbocycles. The van der Waals surface area contributed by atoms with Gasteiger partial charge in [0.25, 0.3) is 0 Å². The summed E-state index contributed by atoms with van der Waals surface area (Å²) in [6.45, 7) is 4.42. The molecule has 3 N–H and O–H groups in total. The van der Waals surface area contributed by atoms with Crippen molar-refractivity contribution < 1.29 is 29.5 Å². The quantitative estimate of drug-likeness (QED) is 0.416. The maximum Gasteiger partial charge on any atom is 0.104 e. The summed E-state index contributed by atoms with van der Waals surface area (Å²) >= 11 is 0. The van der Waals surface area contributed by atoms with E-state index < -0.39 is 12.2 Å². The molecule has 0 aliphatic rings. The van der Waals surface area contributed by atoms with Gasteiger partial charge in [0.2, 0.25) is 0 Å². The SMILES string of the molecule is CC(C)OCCOC(CO)COCC(O)CO. The van der Waals surface area contributed by atoms with Crippen molar-refractivity contribution in [2.24, 2.45) is 0 Å². The van der Waals surface area contributed by atoms with Crippen LogP contribution in [0.2, 0.25) is 0 Å². The van der Waals surface area contributed by atoms with E-state index in [1.54, 1.807) is 0 Å². The van der Waals surface area contributed by atoms with E-state index in [-0.39, 0.29) is 32.5 Å².